The summed E-state index contributed by atoms with van der Waals surface area (Å²) in [6, 6.07) is 8.87. The minimum absolute atomic E-state index is 0.00604. The van der Waals surface area contributed by atoms with Crippen molar-refractivity contribution >= 4 is 27.3 Å². The van der Waals surface area contributed by atoms with Gasteiger partial charge in [0.2, 0.25) is 10.0 Å². The topological polar surface area (TPSA) is 57.7 Å². The number of carbonyl (C=O) groups excluding carboxylic acids is 1. The number of nitrogens with zero attached hydrogens (tertiary/aromatic N) is 2. The molecule has 3 rings (SSSR count). The summed E-state index contributed by atoms with van der Waals surface area (Å²) in [5.41, 5.74) is 2.02. The molecule has 1 aliphatic heterocycles. The summed E-state index contributed by atoms with van der Waals surface area (Å²) >= 11 is 1.42. The fraction of sp³-hybridized carbons (Fsp3) is 0.312. The highest BCUT2D eigenvalue weighted by molar-refractivity contribution is 7.89. The molecular formula is C16H18N2O3S2. The van der Waals surface area contributed by atoms with Crippen molar-refractivity contribution in [3.8, 4) is 0 Å². The molecule has 0 N–H and O–H groups in total. The number of thiophene rings is 1. The van der Waals surface area contributed by atoms with Gasteiger partial charge in [0.25, 0.3) is 5.91 Å². The van der Waals surface area contributed by atoms with E-state index < -0.39 is 10.0 Å². The molecule has 0 atom stereocenters. The zero-order valence-electron chi connectivity index (χ0n) is 13.0. The van der Waals surface area contributed by atoms with E-state index in [2.05, 4.69) is 0 Å². The van der Waals surface area contributed by atoms with E-state index in [4.69, 9.17) is 0 Å². The maximum Gasteiger partial charge on any atom is 0.264 e. The lowest BCUT2D eigenvalue weighted by molar-refractivity contribution is 0.0739. The van der Waals surface area contributed by atoms with Crippen molar-refractivity contribution < 1.29 is 13.2 Å². The summed E-state index contributed by atoms with van der Waals surface area (Å²) in [5, 5.41) is 1.88. The van der Waals surface area contributed by atoms with Gasteiger partial charge in [-0.25, -0.2) is 12.7 Å². The Kier molecular flexibility index (Phi) is 4.27. The third-order valence-electron chi connectivity index (χ3n) is 3.99. The lowest BCUT2D eigenvalue weighted by Gasteiger charge is -2.29. The van der Waals surface area contributed by atoms with Gasteiger partial charge in [0.1, 0.15) is 0 Å². The van der Waals surface area contributed by atoms with Crippen molar-refractivity contribution in [1.82, 2.24) is 9.21 Å². The lowest BCUT2D eigenvalue weighted by Crippen LogP contribution is -2.35. The van der Waals surface area contributed by atoms with E-state index in [1.165, 1.54) is 29.7 Å². The predicted octanol–water partition coefficient (Wildman–Crippen LogP) is 2.20. The molecule has 2 aromatic rings. The third-order valence-corrected chi connectivity index (χ3v) is 6.66. The van der Waals surface area contributed by atoms with Crippen LogP contribution in [0.4, 0.5) is 0 Å². The first-order chi connectivity index (χ1) is 10.9. The Bertz CT molecular complexity index is 827. The maximum absolute atomic E-state index is 12.5. The molecule has 2 heterocycles. The summed E-state index contributed by atoms with van der Waals surface area (Å²) in [4.78, 5) is 15.2. The largest absolute Gasteiger partial charge is 0.333 e. The van der Waals surface area contributed by atoms with Crippen LogP contribution in [0.3, 0.4) is 0 Å². The molecule has 1 amide bonds. The Hall–Kier alpha value is -1.70. The second-order valence-corrected chi connectivity index (χ2v) is 8.77. The van der Waals surface area contributed by atoms with Crippen LogP contribution in [0.15, 0.2) is 40.6 Å². The number of benzene rings is 1. The SMILES string of the molecule is CN(C)S(=O)(=O)c1ccc2c(c1)CN(C(=O)c1cccs1)CC2. The van der Waals surface area contributed by atoms with Crippen LogP contribution in [-0.2, 0) is 23.0 Å². The molecule has 0 unspecified atom stereocenters. The van der Waals surface area contributed by atoms with Crippen molar-refractivity contribution in [1.29, 1.82) is 0 Å². The molecule has 0 spiro atoms. The predicted molar refractivity (Wildman–Crippen MR) is 90.1 cm³/mol. The lowest BCUT2D eigenvalue weighted by atomic mass is 10.00. The van der Waals surface area contributed by atoms with Crippen LogP contribution in [0.1, 0.15) is 20.8 Å². The minimum Gasteiger partial charge on any atom is -0.333 e. The van der Waals surface area contributed by atoms with Gasteiger partial charge in [-0.15, -0.1) is 11.3 Å². The first-order valence-electron chi connectivity index (χ1n) is 7.26. The summed E-state index contributed by atoms with van der Waals surface area (Å²) in [5.74, 6) is 0.00604. The van der Waals surface area contributed by atoms with Crippen molar-refractivity contribution in [2.24, 2.45) is 0 Å². The number of rotatable bonds is 3. The van der Waals surface area contributed by atoms with Crippen LogP contribution in [-0.4, -0.2) is 44.2 Å². The average molecular weight is 350 g/mol. The Labute approximate surface area is 140 Å². The van der Waals surface area contributed by atoms with E-state index in [-0.39, 0.29) is 10.8 Å². The standard InChI is InChI=1S/C16H18N2O3S2/c1-17(2)23(20,21)14-6-5-12-7-8-18(11-13(12)10-14)16(19)15-4-3-9-22-15/h3-6,9-10H,7-8,11H2,1-2H3. The van der Waals surface area contributed by atoms with E-state index in [0.717, 1.165) is 17.5 Å². The molecule has 7 heteroatoms. The Morgan fingerprint density at radius 3 is 2.65 bits per heavy atom. The van der Waals surface area contributed by atoms with Crippen molar-refractivity contribution in [3.05, 3.63) is 51.7 Å². The van der Waals surface area contributed by atoms with Crippen molar-refractivity contribution in [2.75, 3.05) is 20.6 Å². The highest BCUT2D eigenvalue weighted by Gasteiger charge is 2.25. The summed E-state index contributed by atoms with van der Waals surface area (Å²) in [6.45, 7) is 1.10. The van der Waals surface area contributed by atoms with Gasteiger partial charge in [-0.05, 0) is 41.1 Å². The Morgan fingerprint density at radius 2 is 2.00 bits per heavy atom. The van der Waals surface area contributed by atoms with Crippen LogP contribution in [0.5, 0.6) is 0 Å². The fourth-order valence-corrected chi connectivity index (χ4v) is 4.28. The minimum atomic E-state index is -3.46. The third kappa shape index (κ3) is 3.04. The summed E-state index contributed by atoms with van der Waals surface area (Å²) < 4.78 is 25.7. The van der Waals surface area contributed by atoms with E-state index in [1.54, 1.807) is 17.0 Å². The Morgan fingerprint density at radius 1 is 1.22 bits per heavy atom. The molecule has 0 saturated carbocycles. The van der Waals surface area contributed by atoms with Gasteiger partial charge in [-0.1, -0.05) is 12.1 Å². The highest BCUT2D eigenvalue weighted by Crippen LogP contribution is 2.25. The van der Waals surface area contributed by atoms with Crippen LogP contribution in [0.2, 0.25) is 0 Å². The number of hydrogen-bond acceptors (Lipinski definition) is 4. The summed E-state index contributed by atoms with van der Waals surface area (Å²) in [6.07, 6.45) is 0.745. The van der Waals surface area contributed by atoms with Gasteiger partial charge in [0.05, 0.1) is 9.77 Å². The number of sulfonamides is 1. The first kappa shape index (κ1) is 16.2. The van der Waals surface area contributed by atoms with E-state index in [0.29, 0.717) is 18.0 Å². The second kappa shape index (κ2) is 6.07. The number of carbonyl (C=O) groups is 1. The van der Waals surface area contributed by atoms with E-state index >= 15 is 0 Å². The molecule has 0 aliphatic carbocycles. The Balaban J connectivity index is 1.89. The summed E-state index contributed by atoms with van der Waals surface area (Å²) in [7, 11) is -0.429. The van der Waals surface area contributed by atoms with Gasteiger partial charge < -0.3 is 4.90 Å². The molecular weight excluding hydrogens is 332 g/mol. The second-order valence-electron chi connectivity index (χ2n) is 5.67. The van der Waals surface area contributed by atoms with Gasteiger partial charge in [0.15, 0.2) is 0 Å². The average Bonchev–Trinajstić information content (AvgIpc) is 3.07. The number of hydrogen-bond donors (Lipinski definition) is 0. The quantitative estimate of drug-likeness (QED) is 0.853. The van der Waals surface area contributed by atoms with Crippen LogP contribution in [0, 0.1) is 0 Å². The molecule has 23 heavy (non-hydrogen) atoms. The molecule has 1 aromatic heterocycles. The first-order valence-corrected chi connectivity index (χ1v) is 9.58. The van der Waals surface area contributed by atoms with Crippen molar-refractivity contribution in [2.45, 2.75) is 17.9 Å². The van der Waals surface area contributed by atoms with E-state index in [9.17, 15) is 13.2 Å². The molecule has 1 aliphatic rings. The van der Waals surface area contributed by atoms with Gasteiger partial charge in [0, 0.05) is 27.2 Å². The normalized spacial score (nSPS) is 14.8. The molecule has 1 aromatic carbocycles. The highest BCUT2D eigenvalue weighted by atomic mass is 32.2. The van der Waals surface area contributed by atoms with Crippen molar-refractivity contribution in [3.63, 3.8) is 0 Å². The molecule has 0 fully saturated rings. The molecule has 122 valence electrons. The van der Waals surface area contributed by atoms with Gasteiger partial charge >= 0.3 is 0 Å². The molecule has 0 saturated heterocycles. The zero-order valence-corrected chi connectivity index (χ0v) is 14.7. The molecule has 0 radical (unpaired) electrons. The van der Waals surface area contributed by atoms with E-state index in [1.807, 2.05) is 23.6 Å². The monoisotopic (exact) mass is 350 g/mol. The smallest absolute Gasteiger partial charge is 0.264 e. The van der Waals surface area contributed by atoms with Crippen LogP contribution in [0.25, 0.3) is 0 Å². The number of fused-ring (bicyclic) bond motifs is 1. The molecule has 0 bridgehead atoms. The maximum atomic E-state index is 12.5. The van der Waals surface area contributed by atoms with Gasteiger partial charge in [-0.2, -0.15) is 0 Å². The number of amides is 1. The fourth-order valence-electron chi connectivity index (χ4n) is 2.63. The zero-order chi connectivity index (χ0) is 16.6. The van der Waals surface area contributed by atoms with Crippen LogP contribution >= 0.6 is 11.3 Å². The molecule has 5 nitrogen and oxygen atoms in total. The van der Waals surface area contributed by atoms with Gasteiger partial charge in [-0.3, -0.25) is 4.79 Å². The van der Waals surface area contributed by atoms with Crippen LogP contribution < -0.4 is 0 Å².